The molecule has 8 heteroatoms. The fourth-order valence-corrected chi connectivity index (χ4v) is 3.96. The van der Waals surface area contributed by atoms with Crippen LogP contribution in [0.1, 0.15) is 34.6 Å². The fraction of sp³-hybridized carbons (Fsp3) is 0.500. The number of anilines is 1. The number of nitrogens with zero attached hydrogens (tertiary/aromatic N) is 2. The zero-order valence-electron chi connectivity index (χ0n) is 16.4. The number of rotatable bonds is 5. The molecule has 3 N–H and O–H groups in total. The molecule has 0 radical (unpaired) electrons. The molecule has 150 valence electrons. The van der Waals surface area contributed by atoms with Gasteiger partial charge in [-0.15, -0.1) is 0 Å². The Morgan fingerprint density at radius 2 is 2.04 bits per heavy atom. The number of H-pyrrole nitrogens is 1. The van der Waals surface area contributed by atoms with Crippen LogP contribution in [0.2, 0.25) is 0 Å². The predicted octanol–water partition coefficient (Wildman–Crippen LogP) is 1.79. The van der Waals surface area contributed by atoms with Gasteiger partial charge in [-0.25, -0.2) is 0 Å². The Labute approximate surface area is 164 Å². The van der Waals surface area contributed by atoms with Crippen LogP contribution in [0.25, 0.3) is 0 Å². The third-order valence-corrected chi connectivity index (χ3v) is 5.44. The molecule has 1 unspecified atom stereocenters. The number of likely N-dealkylation sites (tertiary alicyclic amines) is 1. The van der Waals surface area contributed by atoms with Gasteiger partial charge in [-0.1, -0.05) is 0 Å². The molecule has 28 heavy (non-hydrogen) atoms. The minimum atomic E-state index is 0.0101. The third kappa shape index (κ3) is 3.77. The zero-order chi connectivity index (χ0) is 19.5. The minimum absolute atomic E-state index is 0.0101. The number of piperidine rings is 1. The lowest BCUT2D eigenvalue weighted by molar-refractivity contribution is 0.0707. The maximum absolute atomic E-state index is 13.1. The van der Waals surface area contributed by atoms with Crippen molar-refractivity contribution in [3.63, 3.8) is 0 Å². The molecule has 3 heterocycles. The van der Waals surface area contributed by atoms with Crippen LogP contribution in [0.5, 0.6) is 11.5 Å². The smallest absolute Gasteiger partial charge is 0.274 e. The molecule has 0 bridgehead atoms. The van der Waals surface area contributed by atoms with Gasteiger partial charge in [0.25, 0.3) is 5.91 Å². The van der Waals surface area contributed by atoms with Gasteiger partial charge in [0, 0.05) is 73.8 Å². The Balaban J connectivity index is 1.46. The first-order valence-electron chi connectivity index (χ1n) is 9.73. The van der Waals surface area contributed by atoms with Gasteiger partial charge in [-0.2, -0.15) is 5.10 Å². The number of ether oxygens (including phenoxy) is 2. The molecule has 1 saturated heterocycles. The van der Waals surface area contributed by atoms with Crippen LogP contribution in [-0.4, -0.2) is 60.9 Å². The van der Waals surface area contributed by atoms with Crippen LogP contribution >= 0.6 is 0 Å². The van der Waals surface area contributed by atoms with Crippen molar-refractivity contribution >= 4 is 11.6 Å². The molecular weight excluding hydrogens is 358 g/mol. The van der Waals surface area contributed by atoms with Gasteiger partial charge in [0.05, 0.1) is 14.2 Å². The van der Waals surface area contributed by atoms with E-state index in [1.165, 1.54) is 0 Å². The largest absolute Gasteiger partial charge is 0.497 e. The molecule has 1 fully saturated rings. The number of nitrogens with one attached hydrogen (secondary N) is 3. The van der Waals surface area contributed by atoms with Crippen molar-refractivity contribution in [1.82, 2.24) is 20.4 Å². The van der Waals surface area contributed by atoms with Gasteiger partial charge in [0.2, 0.25) is 0 Å². The molecule has 1 amide bonds. The molecule has 0 spiro atoms. The van der Waals surface area contributed by atoms with Gasteiger partial charge in [-0.3, -0.25) is 9.89 Å². The van der Waals surface area contributed by atoms with E-state index in [1.807, 2.05) is 23.1 Å². The van der Waals surface area contributed by atoms with E-state index in [0.717, 1.165) is 60.8 Å². The molecule has 2 aliphatic heterocycles. The number of carbonyl (C=O) groups is 1. The van der Waals surface area contributed by atoms with E-state index in [2.05, 4.69) is 20.8 Å². The first-order valence-corrected chi connectivity index (χ1v) is 9.73. The maximum atomic E-state index is 13.1. The summed E-state index contributed by atoms with van der Waals surface area (Å²) in [5.74, 6) is 1.48. The summed E-state index contributed by atoms with van der Waals surface area (Å²) >= 11 is 0. The fourth-order valence-electron chi connectivity index (χ4n) is 3.96. The van der Waals surface area contributed by atoms with Crippen LogP contribution in [0.4, 0.5) is 5.69 Å². The zero-order valence-corrected chi connectivity index (χ0v) is 16.4. The van der Waals surface area contributed by atoms with E-state index >= 15 is 0 Å². The summed E-state index contributed by atoms with van der Waals surface area (Å²) in [6.07, 6.45) is 2.84. The molecular formula is C20H27N5O3. The van der Waals surface area contributed by atoms with E-state index in [1.54, 1.807) is 14.2 Å². The second kappa shape index (κ2) is 8.10. The van der Waals surface area contributed by atoms with Crippen LogP contribution in [0.15, 0.2) is 18.2 Å². The average Bonchev–Trinajstić information content (AvgIpc) is 3.17. The molecule has 4 rings (SSSR count). The molecule has 1 atom stereocenters. The van der Waals surface area contributed by atoms with E-state index in [4.69, 9.17) is 9.47 Å². The number of carbonyl (C=O) groups excluding carboxylic acids is 1. The summed E-state index contributed by atoms with van der Waals surface area (Å²) in [4.78, 5) is 15.0. The van der Waals surface area contributed by atoms with Gasteiger partial charge in [-0.05, 0) is 12.8 Å². The van der Waals surface area contributed by atoms with Crippen LogP contribution in [0.3, 0.4) is 0 Å². The van der Waals surface area contributed by atoms with Gasteiger partial charge in [0.15, 0.2) is 5.69 Å². The number of aromatic amines is 1. The molecule has 2 aliphatic rings. The minimum Gasteiger partial charge on any atom is -0.497 e. The number of amides is 1. The summed E-state index contributed by atoms with van der Waals surface area (Å²) in [5.41, 5.74) is 3.59. The summed E-state index contributed by atoms with van der Waals surface area (Å²) in [7, 11) is 3.28. The Hall–Kier alpha value is -2.74. The van der Waals surface area contributed by atoms with Crippen molar-refractivity contribution in [2.45, 2.75) is 31.8 Å². The molecule has 1 aromatic carbocycles. The van der Waals surface area contributed by atoms with Crippen LogP contribution < -0.4 is 20.1 Å². The van der Waals surface area contributed by atoms with E-state index in [-0.39, 0.29) is 11.9 Å². The number of hydrogen-bond acceptors (Lipinski definition) is 6. The highest BCUT2D eigenvalue weighted by Gasteiger charge is 2.29. The summed E-state index contributed by atoms with van der Waals surface area (Å²) in [5, 5.41) is 14.2. The van der Waals surface area contributed by atoms with E-state index in [9.17, 15) is 4.79 Å². The standard InChI is InChI=1S/C20H27N5O3/c1-27-15-8-14(9-16(10-15)28-2)22-13-4-3-7-25(12-13)20(26)19-17-11-21-6-5-18(17)23-24-19/h8-10,13,21-22H,3-7,11-12H2,1-2H3,(H,23,24). The van der Waals surface area contributed by atoms with Crippen molar-refractivity contribution in [1.29, 1.82) is 0 Å². The Kier molecular flexibility index (Phi) is 5.38. The van der Waals surface area contributed by atoms with E-state index < -0.39 is 0 Å². The Morgan fingerprint density at radius 1 is 1.25 bits per heavy atom. The second-order valence-electron chi connectivity index (χ2n) is 7.29. The van der Waals surface area contributed by atoms with Crippen LogP contribution in [-0.2, 0) is 13.0 Å². The quantitative estimate of drug-likeness (QED) is 0.727. The van der Waals surface area contributed by atoms with E-state index in [0.29, 0.717) is 18.8 Å². The third-order valence-electron chi connectivity index (χ3n) is 5.44. The summed E-state index contributed by atoms with van der Waals surface area (Å²) in [6, 6.07) is 5.90. The normalized spacial score (nSPS) is 19.1. The van der Waals surface area contributed by atoms with Crippen molar-refractivity contribution in [2.75, 3.05) is 39.2 Å². The number of aromatic nitrogens is 2. The Morgan fingerprint density at radius 3 is 2.79 bits per heavy atom. The van der Waals surface area contributed by atoms with Crippen molar-refractivity contribution in [3.8, 4) is 11.5 Å². The maximum Gasteiger partial charge on any atom is 0.274 e. The highest BCUT2D eigenvalue weighted by Crippen LogP contribution is 2.27. The van der Waals surface area contributed by atoms with Crippen molar-refractivity contribution < 1.29 is 14.3 Å². The highest BCUT2D eigenvalue weighted by atomic mass is 16.5. The molecule has 2 aromatic rings. The number of hydrogen-bond donors (Lipinski definition) is 3. The first-order chi connectivity index (χ1) is 13.7. The molecule has 0 aliphatic carbocycles. The monoisotopic (exact) mass is 385 g/mol. The van der Waals surface area contributed by atoms with Gasteiger partial charge < -0.3 is 25.0 Å². The number of fused-ring (bicyclic) bond motifs is 1. The lowest BCUT2D eigenvalue weighted by Crippen LogP contribution is -2.45. The summed E-state index contributed by atoms with van der Waals surface area (Å²) < 4.78 is 10.7. The predicted molar refractivity (Wildman–Crippen MR) is 106 cm³/mol. The average molecular weight is 385 g/mol. The molecule has 8 nitrogen and oxygen atoms in total. The second-order valence-corrected chi connectivity index (χ2v) is 7.29. The van der Waals surface area contributed by atoms with Crippen molar-refractivity contribution in [3.05, 3.63) is 35.2 Å². The Bertz CT molecular complexity index is 828. The topological polar surface area (TPSA) is 91.5 Å². The number of methoxy groups -OCH3 is 2. The van der Waals surface area contributed by atoms with Gasteiger partial charge >= 0.3 is 0 Å². The SMILES string of the molecule is COc1cc(NC2CCCN(C(=O)c3n[nH]c4c3CNCC4)C2)cc(OC)c1. The van der Waals surface area contributed by atoms with Crippen LogP contribution in [0, 0.1) is 0 Å². The lowest BCUT2D eigenvalue weighted by atomic mass is 10.0. The number of benzene rings is 1. The molecule has 1 aromatic heterocycles. The van der Waals surface area contributed by atoms with Crippen molar-refractivity contribution in [2.24, 2.45) is 0 Å². The first kappa shape index (κ1) is 18.6. The van der Waals surface area contributed by atoms with Gasteiger partial charge in [0.1, 0.15) is 11.5 Å². The lowest BCUT2D eigenvalue weighted by Gasteiger charge is -2.33. The highest BCUT2D eigenvalue weighted by molar-refractivity contribution is 5.94. The summed E-state index contributed by atoms with van der Waals surface area (Å²) in [6.45, 7) is 3.02. The molecule has 0 saturated carbocycles.